The van der Waals surface area contributed by atoms with Gasteiger partial charge in [0.2, 0.25) is 11.8 Å². The zero-order valence-corrected chi connectivity index (χ0v) is 24.9. The Hall–Kier alpha value is -3.67. The van der Waals surface area contributed by atoms with E-state index < -0.39 is 53.2 Å². The molecule has 0 spiro atoms. The maximum Gasteiger partial charge on any atom is 0.408 e. The van der Waals surface area contributed by atoms with E-state index in [9.17, 15) is 24.3 Å². The molecular formula is C30H38N4O7S. The van der Waals surface area contributed by atoms with Crippen LogP contribution in [0, 0.1) is 5.92 Å². The maximum absolute atomic E-state index is 14.0. The van der Waals surface area contributed by atoms with Crippen molar-refractivity contribution in [3.8, 4) is 5.19 Å². The van der Waals surface area contributed by atoms with Crippen LogP contribution < -0.4 is 15.4 Å². The molecule has 2 aromatic rings. The number of rotatable bonds is 4. The first kappa shape index (κ1) is 29.8. The van der Waals surface area contributed by atoms with Crippen LogP contribution in [-0.4, -0.2) is 74.7 Å². The molecule has 11 nitrogen and oxygen atoms in total. The van der Waals surface area contributed by atoms with Crippen molar-refractivity contribution in [3.63, 3.8) is 0 Å². The molecule has 3 N–H and O–H groups in total. The number of aromatic nitrogens is 1. The third-order valence-electron chi connectivity index (χ3n) is 7.85. The van der Waals surface area contributed by atoms with E-state index in [1.807, 2.05) is 36.4 Å². The van der Waals surface area contributed by atoms with Crippen LogP contribution in [0.25, 0.3) is 10.2 Å². The number of carbonyl (C=O) groups excluding carboxylic acids is 3. The van der Waals surface area contributed by atoms with Gasteiger partial charge in [0, 0.05) is 12.3 Å². The minimum Gasteiger partial charge on any atom is -0.479 e. The number of alkyl carbamates (subject to hydrolysis) is 1. The Bertz CT molecular complexity index is 1350. The number of carboxylic acid groups (broad SMARTS) is 1. The predicted molar refractivity (Wildman–Crippen MR) is 156 cm³/mol. The van der Waals surface area contributed by atoms with E-state index in [0.29, 0.717) is 24.5 Å². The number of carboxylic acids is 1. The van der Waals surface area contributed by atoms with Crippen molar-refractivity contribution >= 4 is 45.4 Å². The number of aliphatic carboxylic acids is 1. The topological polar surface area (TPSA) is 147 Å². The van der Waals surface area contributed by atoms with Gasteiger partial charge in [-0.25, -0.2) is 14.6 Å². The van der Waals surface area contributed by atoms with E-state index in [1.165, 1.54) is 16.2 Å². The molecule has 0 unspecified atom stereocenters. The van der Waals surface area contributed by atoms with Crippen LogP contribution >= 0.6 is 11.3 Å². The first-order chi connectivity index (χ1) is 19.9. The van der Waals surface area contributed by atoms with Gasteiger partial charge in [-0.15, -0.1) is 0 Å². The lowest BCUT2D eigenvalue weighted by Gasteiger charge is -2.30. The Labute approximate surface area is 248 Å². The molecule has 2 fully saturated rings. The van der Waals surface area contributed by atoms with Crippen LogP contribution in [0.4, 0.5) is 4.79 Å². The number of nitrogens with one attached hydrogen (secondary N) is 2. The summed E-state index contributed by atoms with van der Waals surface area (Å²) in [5.41, 5.74) is -1.36. The van der Waals surface area contributed by atoms with Gasteiger partial charge in [-0.05, 0) is 58.6 Å². The van der Waals surface area contributed by atoms with Gasteiger partial charge in [0.1, 0.15) is 29.3 Å². The SMILES string of the molecule is CC(C)(C)OC(=O)N[C@H]1CCCCC/C=C\[C@H]2C[C@@]2(C(=O)O)NC(=O)[C@@H]2C[C@@H](Oc3nc4ccccc4s3)CN2C1=O. The molecule has 1 aromatic carbocycles. The number of carbonyl (C=O) groups is 4. The fourth-order valence-electron chi connectivity index (χ4n) is 5.64. The van der Waals surface area contributed by atoms with Crippen molar-refractivity contribution in [1.29, 1.82) is 0 Å². The molecule has 0 bridgehead atoms. The van der Waals surface area contributed by atoms with E-state index in [-0.39, 0.29) is 18.9 Å². The molecule has 3 heterocycles. The second-order valence-electron chi connectivity index (χ2n) is 12.3. The van der Waals surface area contributed by atoms with Gasteiger partial charge in [-0.3, -0.25) is 9.59 Å². The number of nitrogens with zero attached hydrogens (tertiary/aromatic N) is 2. The summed E-state index contributed by atoms with van der Waals surface area (Å²) in [7, 11) is 0. The monoisotopic (exact) mass is 598 g/mol. The number of fused-ring (bicyclic) bond motifs is 3. The Morgan fingerprint density at radius 1 is 1.19 bits per heavy atom. The number of ether oxygens (including phenoxy) is 2. The van der Waals surface area contributed by atoms with Crippen LogP contribution in [0.3, 0.4) is 0 Å². The average molecular weight is 599 g/mol. The number of hydrogen-bond acceptors (Lipinski definition) is 8. The lowest BCUT2D eigenvalue weighted by molar-refractivity contribution is -0.145. The Morgan fingerprint density at radius 2 is 1.98 bits per heavy atom. The minimum atomic E-state index is -1.40. The van der Waals surface area contributed by atoms with Crippen LogP contribution in [0.2, 0.25) is 0 Å². The maximum atomic E-state index is 14.0. The van der Waals surface area contributed by atoms with Crippen LogP contribution in [0.5, 0.6) is 5.19 Å². The highest BCUT2D eigenvalue weighted by molar-refractivity contribution is 7.20. The van der Waals surface area contributed by atoms with Gasteiger partial charge in [0.25, 0.3) is 5.19 Å². The third-order valence-corrected chi connectivity index (χ3v) is 8.78. The summed E-state index contributed by atoms with van der Waals surface area (Å²) in [6, 6.07) is 5.72. The number of benzene rings is 1. The molecule has 12 heteroatoms. The van der Waals surface area contributed by atoms with Gasteiger partial charge in [-0.1, -0.05) is 48.5 Å². The Balaban J connectivity index is 1.41. The smallest absolute Gasteiger partial charge is 0.408 e. The lowest BCUT2D eigenvalue weighted by Crippen LogP contribution is -2.56. The van der Waals surface area contributed by atoms with Gasteiger partial charge >= 0.3 is 12.1 Å². The number of amides is 3. The molecule has 3 aliphatic rings. The third kappa shape index (κ3) is 6.69. The summed E-state index contributed by atoms with van der Waals surface area (Å²) in [4.78, 5) is 58.7. The van der Waals surface area contributed by atoms with Crippen molar-refractivity contribution in [2.24, 2.45) is 5.92 Å². The molecule has 5 atom stereocenters. The first-order valence-electron chi connectivity index (χ1n) is 14.5. The number of thiazole rings is 1. The first-order valence-corrected chi connectivity index (χ1v) is 15.3. The van der Waals surface area contributed by atoms with Gasteiger partial charge in [0.15, 0.2) is 0 Å². The summed E-state index contributed by atoms with van der Waals surface area (Å²) in [6.07, 6.45) is 6.51. The molecule has 226 valence electrons. The molecule has 1 aliphatic carbocycles. The molecule has 3 amide bonds. The Kier molecular flexibility index (Phi) is 8.45. The number of hydrogen-bond donors (Lipinski definition) is 3. The molecular weight excluding hydrogens is 560 g/mol. The van der Waals surface area contributed by atoms with Crippen molar-refractivity contribution in [3.05, 3.63) is 36.4 Å². The van der Waals surface area contributed by atoms with E-state index in [4.69, 9.17) is 9.47 Å². The summed E-state index contributed by atoms with van der Waals surface area (Å²) < 4.78 is 12.6. The van der Waals surface area contributed by atoms with Gasteiger partial charge < -0.3 is 30.1 Å². The van der Waals surface area contributed by atoms with E-state index in [2.05, 4.69) is 15.6 Å². The van der Waals surface area contributed by atoms with Crippen molar-refractivity contribution in [1.82, 2.24) is 20.5 Å². The summed E-state index contributed by atoms with van der Waals surface area (Å²) in [6.45, 7) is 5.31. The average Bonchev–Trinajstić information content (AvgIpc) is 3.24. The standard InChI is InChI=1S/C30H38N4O7S/c1-29(2,3)41-27(39)31-21-13-8-6-4-5-7-11-18-16-30(18,26(37)38)33-24(35)22-15-19(17-34(22)25(21)36)40-28-32-20-12-9-10-14-23(20)42-28/h7,9-12,14,18-19,21-22H,4-6,8,13,15-17H2,1-3H3,(H,31,39)(H,33,35)(H,37,38)/b11-7-/t18-,19+,21-,22-,30+/m0/s1. The van der Waals surface area contributed by atoms with E-state index >= 15 is 0 Å². The molecule has 42 heavy (non-hydrogen) atoms. The summed E-state index contributed by atoms with van der Waals surface area (Å²) in [5.74, 6) is -2.40. The zero-order valence-electron chi connectivity index (χ0n) is 24.1. The zero-order chi connectivity index (χ0) is 30.1. The highest BCUT2D eigenvalue weighted by Crippen LogP contribution is 2.45. The van der Waals surface area contributed by atoms with Gasteiger partial charge in [-0.2, -0.15) is 0 Å². The van der Waals surface area contributed by atoms with Crippen molar-refractivity contribution < 1.29 is 33.8 Å². The van der Waals surface area contributed by atoms with Gasteiger partial charge in [0.05, 0.1) is 16.8 Å². The molecule has 5 rings (SSSR count). The van der Waals surface area contributed by atoms with Crippen molar-refractivity contribution in [2.75, 3.05) is 6.54 Å². The number of para-hydroxylation sites is 1. The second kappa shape index (κ2) is 11.9. The highest BCUT2D eigenvalue weighted by atomic mass is 32.1. The minimum absolute atomic E-state index is 0.0861. The Morgan fingerprint density at radius 3 is 2.71 bits per heavy atom. The summed E-state index contributed by atoms with van der Waals surface area (Å²) in [5, 5.41) is 15.9. The molecule has 1 saturated heterocycles. The van der Waals surface area contributed by atoms with Crippen LogP contribution in [0.1, 0.15) is 65.7 Å². The molecule has 2 aliphatic heterocycles. The quantitative estimate of drug-likeness (QED) is 0.447. The van der Waals surface area contributed by atoms with Crippen molar-refractivity contribution in [2.45, 2.75) is 95.0 Å². The largest absolute Gasteiger partial charge is 0.479 e. The fraction of sp³-hybridized carbons (Fsp3) is 0.567. The molecule has 0 radical (unpaired) electrons. The summed E-state index contributed by atoms with van der Waals surface area (Å²) >= 11 is 1.37. The second-order valence-corrected chi connectivity index (χ2v) is 13.3. The lowest BCUT2D eigenvalue weighted by atomic mass is 10.0. The highest BCUT2D eigenvalue weighted by Gasteiger charge is 2.61. The molecule has 1 aromatic heterocycles. The normalized spacial score (nSPS) is 29.4. The van der Waals surface area contributed by atoms with Crippen LogP contribution in [0.15, 0.2) is 36.4 Å². The van der Waals surface area contributed by atoms with E-state index in [1.54, 1.807) is 20.8 Å². The number of allylic oxidation sites excluding steroid dienone is 1. The van der Waals surface area contributed by atoms with Crippen LogP contribution in [-0.2, 0) is 19.1 Å². The fourth-order valence-corrected chi connectivity index (χ4v) is 6.52. The van der Waals surface area contributed by atoms with E-state index in [0.717, 1.165) is 29.5 Å². The predicted octanol–water partition coefficient (Wildman–Crippen LogP) is 4.02. The molecule has 1 saturated carbocycles.